The normalized spacial score (nSPS) is 25.5. The van der Waals surface area contributed by atoms with Gasteiger partial charge in [0.2, 0.25) is 6.79 Å². The predicted octanol–water partition coefficient (Wildman–Crippen LogP) is 1.66. The smallest absolute Gasteiger partial charge is 0.358 e. The number of rotatable bonds is 9. The summed E-state index contributed by atoms with van der Waals surface area (Å²) in [5.74, 6) is -3.35. The van der Waals surface area contributed by atoms with Gasteiger partial charge in [0.1, 0.15) is 30.0 Å². The van der Waals surface area contributed by atoms with Gasteiger partial charge in [0.15, 0.2) is 21.5 Å². The summed E-state index contributed by atoms with van der Waals surface area (Å²) in [6.07, 6.45) is 1.04. The first-order valence-electron chi connectivity index (χ1n) is 12.7. The number of ether oxygens (including phenoxy) is 4. The molecule has 17 heteroatoms. The molecule has 0 bridgehead atoms. The largest absolute Gasteiger partial charge is 0.427 e. The number of oxime groups is 1. The van der Waals surface area contributed by atoms with Crippen LogP contribution in [0.1, 0.15) is 40.3 Å². The van der Waals surface area contributed by atoms with E-state index in [1.807, 2.05) is 0 Å². The third-order valence-corrected chi connectivity index (χ3v) is 9.75. The number of thioether (sulfide) groups is 2. The molecule has 1 aromatic heterocycles. The first kappa shape index (κ1) is 32.1. The molecule has 3 aliphatic rings. The average molecular weight is 644 g/mol. The van der Waals surface area contributed by atoms with Crippen LogP contribution in [-0.2, 0) is 43.0 Å². The summed E-state index contributed by atoms with van der Waals surface area (Å²) >= 11 is 3.57. The highest BCUT2D eigenvalue weighted by Crippen LogP contribution is 2.52. The van der Waals surface area contributed by atoms with Gasteiger partial charge in [-0.15, -0.1) is 34.9 Å². The van der Waals surface area contributed by atoms with E-state index in [1.165, 1.54) is 23.8 Å². The number of carbonyl (C=O) groups is 4. The Hall–Kier alpha value is -2.86. The van der Waals surface area contributed by atoms with Crippen molar-refractivity contribution in [2.45, 2.75) is 56.8 Å². The van der Waals surface area contributed by atoms with Crippen molar-refractivity contribution in [3.63, 3.8) is 0 Å². The minimum absolute atomic E-state index is 0.0427. The third-order valence-electron chi connectivity index (χ3n) is 6.43. The maximum absolute atomic E-state index is 13.9. The fourth-order valence-electron chi connectivity index (χ4n) is 4.34. The standard InChI is InChI=1S/C25H33N5O9S3/c1-23(2,3)21(34)37-11-36-18(32)16-12(14-8-38-24(4,5)39-14)9-41-20-25(40-7,19(33)30(16)20)28-17(31)15(29-35-6)13-10-42-22(26)27-13/h10,14,20H,8-9,11H2,1-7H3,(H2,26,27)(H,28,31)/t14?,20-,25?/m0/s1. The second kappa shape index (κ2) is 12.0. The molecule has 3 aliphatic heterocycles. The molecule has 0 spiro atoms. The molecule has 14 nitrogen and oxygen atoms in total. The molecule has 230 valence electrons. The molecule has 0 radical (unpaired) electrons. The summed E-state index contributed by atoms with van der Waals surface area (Å²) < 4.78 is 22.1. The number of β-lactam (4-membered cyclic amide) rings is 1. The van der Waals surface area contributed by atoms with Crippen LogP contribution in [0.3, 0.4) is 0 Å². The molecule has 2 saturated heterocycles. The van der Waals surface area contributed by atoms with E-state index in [4.69, 9.17) is 29.5 Å². The zero-order valence-corrected chi connectivity index (χ0v) is 26.6. The Labute approximate surface area is 255 Å². The van der Waals surface area contributed by atoms with Gasteiger partial charge in [0.05, 0.1) is 12.0 Å². The van der Waals surface area contributed by atoms with E-state index >= 15 is 0 Å². The minimum Gasteiger partial charge on any atom is -0.427 e. The van der Waals surface area contributed by atoms with Crippen molar-refractivity contribution < 1.29 is 43.0 Å². The summed E-state index contributed by atoms with van der Waals surface area (Å²) in [4.78, 5) is 61.7. The van der Waals surface area contributed by atoms with Crippen molar-refractivity contribution in [3.8, 4) is 0 Å². The lowest BCUT2D eigenvalue weighted by Gasteiger charge is -2.56. The number of fused-ring (bicyclic) bond motifs is 1. The second-order valence-corrected chi connectivity index (χ2v) is 13.9. The number of aromatic nitrogens is 1. The number of nitrogen functional groups attached to an aromatic ring is 1. The fraction of sp³-hybridized carbons (Fsp3) is 0.600. The van der Waals surface area contributed by atoms with Gasteiger partial charge in [0.25, 0.3) is 11.8 Å². The van der Waals surface area contributed by atoms with Crippen LogP contribution in [0.25, 0.3) is 0 Å². The lowest BCUT2D eigenvalue weighted by Crippen LogP contribution is -2.78. The van der Waals surface area contributed by atoms with E-state index in [0.717, 1.165) is 23.1 Å². The number of hydrogen-bond donors (Lipinski definition) is 2. The van der Waals surface area contributed by atoms with Crippen LogP contribution < -0.4 is 11.1 Å². The van der Waals surface area contributed by atoms with Crippen molar-refractivity contribution in [1.29, 1.82) is 0 Å². The third kappa shape index (κ3) is 6.10. The maximum atomic E-state index is 13.9. The van der Waals surface area contributed by atoms with Crippen LogP contribution in [0.4, 0.5) is 5.13 Å². The molecular weight excluding hydrogens is 611 g/mol. The zero-order chi connectivity index (χ0) is 31.0. The quantitative estimate of drug-likeness (QED) is 0.130. The minimum atomic E-state index is -1.46. The second-order valence-electron chi connectivity index (χ2n) is 10.8. The molecule has 2 amide bonds. The monoisotopic (exact) mass is 643 g/mol. The Morgan fingerprint density at radius 1 is 1.31 bits per heavy atom. The van der Waals surface area contributed by atoms with Crippen LogP contribution in [-0.4, -0.2) is 94.0 Å². The predicted molar refractivity (Wildman–Crippen MR) is 156 cm³/mol. The summed E-state index contributed by atoms with van der Waals surface area (Å²) in [6, 6.07) is 0. The molecule has 0 aliphatic carbocycles. The van der Waals surface area contributed by atoms with Crippen molar-refractivity contribution in [3.05, 3.63) is 22.3 Å². The van der Waals surface area contributed by atoms with Crippen LogP contribution in [0.2, 0.25) is 0 Å². The van der Waals surface area contributed by atoms with E-state index in [1.54, 1.807) is 46.3 Å². The molecule has 2 unspecified atom stereocenters. The number of anilines is 1. The number of nitrogens with two attached hydrogens (primary N) is 1. The first-order chi connectivity index (χ1) is 19.6. The van der Waals surface area contributed by atoms with E-state index in [0.29, 0.717) is 5.57 Å². The summed E-state index contributed by atoms with van der Waals surface area (Å²) in [5.41, 5.74) is 5.39. The fourth-order valence-corrected chi connectivity index (χ4v) is 7.56. The van der Waals surface area contributed by atoms with E-state index < -0.39 is 58.1 Å². The van der Waals surface area contributed by atoms with Gasteiger partial charge in [0, 0.05) is 16.7 Å². The Balaban J connectivity index is 1.62. The van der Waals surface area contributed by atoms with Gasteiger partial charge in [-0.05, 0) is 40.9 Å². The van der Waals surface area contributed by atoms with Gasteiger partial charge < -0.3 is 34.8 Å². The number of nitrogens with one attached hydrogen (secondary N) is 1. The van der Waals surface area contributed by atoms with Gasteiger partial charge in [-0.25, -0.2) is 9.78 Å². The average Bonchev–Trinajstić information content (AvgIpc) is 3.52. The molecule has 3 N–H and O–H groups in total. The van der Waals surface area contributed by atoms with E-state index in [-0.39, 0.29) is 34.6 Å². The van der Waals surface area contributed by atoms with Gasteiger partial charge in [-0.1, -0.05) is 5.16 Å². The molecule has 4 rings (SSSR count). The highest BCUT2D eigenvalue weighted by Gasteiger charge is 2.66. The van der Waals surface area contributed by atoms with Crippen molar-refractivity contribution >= 4 is 69.5 Å². The van der Waals surface area contributed by atoms with Gasteiger partial charge in [-0.2, -0.15) is 0 Å². The molecular formula is C25H33N5O9S3. The Morgan fingerprint density at radius 3 is 2.57 bits per heavy atom. The Morgan fingerprint density at radius 2 is 2.02 bits per heavy atom. The van der Waals surface area contributed by atoms with Crippen LogP contribution in [0.15, 0.2) is 21.8 Å². The van der Waals surface area contributed by atoms with Crippen molar-refractivity contribution in [1.82, 2.24) is 15.2 Å². The number of thiazole rings is 1. The van der Waals surface area contributed by atoms with Crippen molar-refractivity contribution in [2.24, 2.45) is 10.6 Å². The SMILES string of the molecule is CON=C(C(=O)NC1(SC)C(=O)N2C(C(=O)OCOC(=O)C(C)(C)C)=C(C3COC(C)(C)O3)CS[C@H]21)c1csc(N)n1. The number of esters is 2. The summed E-state index contributed by atoms with van der Waals surface area (Å²) in [6.45, 7) is 8.01. The Kier molecular flexibility index (Phi) is 9.18. The Bertz CT molecular complexity index is 1340. The lowest BCUT2D eigenvalue weighted by atomic mass is 9.98. The summed E-state index contributed by atoms with van der Waals surface area (Å²) in [7, 11) is 1.28. The molecule has 0 aromatic carbocycles. The zero-order valence-electron chi connectivity index (χ0n) is 24.2. The number of hydrogen-bond acceptors (Lipinski definition) is 15. The lowest BCUT2D eigenvalue weighted by molar-refractivity contribution is -0.173. The first-order valence-corrected chi connectivity index (χ1v) is 15.8. The molecule has 4 heterocycles. The topological polar surface area (TPSA) is 181 Å². The number of carbonyl (C=O) groups excluding carboxylic acids is 4. The molecule has 2 fully saturated rings. The van der Waals surface area contributed by atoms with Gasteiger partial charge >= 0.3 is 11.9 Å². The van der Waals surface area contributed by atoms with E-state index in [9.17, 15) is 19.2 Å². The van der Waals surface area contributed by atoms with E-state index in [2.05, 4.69) is 15.5 Å². The molecule has 0 saturated carbocycles. The van der Waals surface area contributed by atoms with Gasteiger partial charge in [-0.3, -0.25) is 19.3 Å². The highest BCUT2D eigenvalue weighted by atomic mass is 32.2. The maximum Gasteiger partial charge on any atom is 0.358 e. The van der Waals surface area contributed by atoms with Crippen LogP contribution in [0, 0.1) is 5.41 Å². The molecule has 1 aromatic rings. The number of nitrogens with zero attached hydrogens (tertiary/aromatic N) is 3. The van der Waals surface area contributed by atoms with Crippen LogP contribution >= 0.6 is 34.9 Å². The highest BCUT2D eigenvalue weighted by molar-refractivity contribution is 8.05. The molecule has 42 heavy (non-hydrogen) atoms. The van der Waals surface area contributed by atoms with Crippen molar-refractivity contribution in [2.75, 3.05) is 38.3 Å². The number of amides is 2. The summed E-state index contributed by atoms with van der Waals surface area (Å²) in [5, 5.41) is 7.65. The van der Waals surface area contributed by atoms with Crippen LogP contribution in [0.5, 0.6) is 0 Å². The molecule has 3 atom stereocenters.